The highest BCUT2D eigenvalue weighted by Crippen LogP contribution is 2.48. The number of carbonyl (C=O) groups is 1. The van der Waals surface area contributed by atoms with Crippen molar-refractivity contribution in [2.24, 2.45) is 17.8 Å². The van der Waals surface area contributed by atoms with Crippen LogP contribution in [0.15, 0.2) is 0 Å². The molecule has 1 saturated heterocycles. The van der Waals surface area contributed by atoms with Crippen LogP contribution in [0.4, 0.5) is 0 Å². The van der Waals surface area contributed by atoms with E-state index in [0.717, 1.165) is 0 Å². The van der Waals surface area contributed by atoms with E-state index in [2.05, 4.69) is 4.74 Å². The van der Waals surface area contributed by atoms with Gasteiger partial charge >= 0.3 is 5.97 Å². The molecule has 1 aliphatic carbocycles. The standard InChI is InChI=1S/C11H18O6/c1-11(15)3-6(12)7-5(9(13)16-2)4-17-10(14)8(7)11/h5-8,10,12,14-15H,3-4H2,1-2H3. The first-order valence-corrected chi connectivity index (χ1v) is 5.66. The summed E-state index contributed by atoms with van der Waals surface area (Å²) in [6.45, 7) is 1.54. The van der Waals surface area contributed by atoms with Crippen LogP contribution >= 0.6 is 0 Å². The monoisotopic (exact) mass is 246 g/mol. The molecule has 3 N–H and O–H groups in total. The minimum atomic E-state index is -1.24. The van der Waals surface area contributed by atoms with Crippen LogP contribution in [0, 0.1) is 17.8 Å². The Balaban J connectivity index is 2.29. The molecule has 17 heavy (non-hydrogen) atoms. The maximum absolute atomic E-state index is 11.6. The largest absolute Gasteiger partial charge is 0.469 e. The molecule has 2 aliphatic rings. The Hall–Kier alpha value is -0.690. The van der Waals surface area contributed by atoms with E-state index in [4.69, 9.17) is 4.74 Å². The number of hydrogen-bond donors (Lipinski definition) is 3. The van der Waals surface area contributed by atoms with Gasteiger partial charge in [0.05, 0.1) is 31.3 Å². The van der Waals surface area contributed by atoms with Gasteiger partial charge in [0.1, 0.15) is 0 Å². The topological polar surface area (TPSA) is 96.2 Å². The highest BCUT2D eigenvalue weighted by atomic mass is 16.6. The fourth-order valence-electron chi connectivity index (χ4n) is 3.16. The van der Waals surface area contributed by atoms with Gasteiger partial charge in [0.2, 0.25) is 0 Å². The number of hydrogen-bond acceptors (Lipinski definition) is 6. The van der Waals surface area contributed by atoms with E-state index in [9.17, 15) is 20.1 Å². The maximum atomic E-state index is 11.6. The molecule has 0 aromatic carbocycles. The van der Waals surface area contributed by atoms with Crippen molar-refractivity contribution in [2.45, 2.75) is 31.3 Å². The van der Waals surface area contributed by atoms with Crippen LogP contribution in [0.5, 0.6) is 0 Å². The van der Waals surface area contributed by atoms with Crippen molar-refractivity contribution in [3.63, 3.8) is 0 Å². The average Bonchev–Trinajstić information content (AvgIpc) is 2.50. The lowest BCUT2D eigenvalue weighted by molar-refractivity contribution is -0.230. The van der Waals surface area contributed by atoms with Crippen LogP contribution in [-0.4, -0.2) is 53.0 Å². The summed E-state index contributed by atoms with van der Waals surface area (Å²) < 4.78 is 9.75. The highest BCUT2D eigenvalue weighted by Gasteiger charge is 2.59. The van der Waals surface area contributed by atoms with Crippen LogP contribution in [0.3, 0.4) is 0 Å². The van der Waals surface area contributed by atoms with Gasteiger partial charge < -0.3 is 24.8 Å². The Kier molecular flexibility index (Phi) is 3.15. The third kappa shape index (κ3) is 1.95. The molecular weight excluding hydrogens is 228 g/mol. The summed E-state index contributed by atoms with van der Waals surface area (Å²) in [5, 5.41) is 29.9. The predicted molar refractivity (Wildman–Crippen MR) is 55.7 cm³/mol. The summed E-state index contributed by atoms with van der Waals surface area (Å²) >= 11 is 0. The number of rotatable bonds is 1. The van der Waals surface area contributed by atoms with Crippen molar-refractivity contribution < 1.29 is 29.6 Å². The molecule has 6 nitrogen and oxygen atoms in total. The smallest absolute Gasteiger partial charge is 0.311 e. The van der Waals surface area contributed by atoms with Crippen LogP contribution in [0.25, 0.3) is 0 Å². The second-order valence-electron chi connectivity index (χ2n) is 5.09. The second kappa shape index (κ2) is 4.20. The van der Waals surface area contributed by atoms with Gasteiger partial charge in [0, 0.05) is 18.3 Å². The Labute approximate surface area is 99.1 Å². The predicted octanol–water partition coefficient (Wildman–Crippen LogP) is -1.13. The Morgan fingerprint density at radius 2 is 2.12 bits per heavy atom. The summed E-state index contributed by atoms with van der Waals surface area (Å²) in [6, 6.07) is 0. The number of carbonyl (C=O) groups excluding carboxylic acids is 1. The summed E-state index contributed by atoms with van der Waals surface area (Å²) in [7, 11) is 1.27. The molecule has 0 bridgehead atoms. The van der Waals surface area contributed by atoms with Gasteiger partial charge in [0.25, 0.3) is 0 Å². The lowest BCUT2D eigenvalue weighted by Crippen LogP contribution is -2.51. The van der Waals surface area contributed by atoms with Crippen LogP contribution < -0.4 is 0 Å². The van der Waals surface area contributed by atoms with E-state index >= 15 is 0 Å². The molecule has 0 aromatic heterocycles. The minimum Gasteiger partial charge on any atom is -0.469 e. The quantitative estimate of drug-likeness (QED) is 0.507. The normalized spacial score (nSPS) is 49.8. The third-order valence-electron chi connectivity index (χ3n) is 3.92. The van der Waals surface area contributed by atoms with Gasteiger partial charge in [-0.15, -0.1) is 0 Å². The van der Waals surface area contributed by atoms with E-state index in [1.807, 2.05) is 0 Å². The molecule has 98 valence electrons. The molecule has 0 spiro atoms. The summed E-state index contributed by atoms with van der Waals surface area (Å²) in [6.07, 6.45) is -1.87. The highest BCUT2D eigenvalue weighted by molar-refractivity contribution is 5.73. The van der Waals surface area contributed by atoms with Gasteiger partial charge in [0.15, 0.2) is 6.29 Å². The number of aliphatic hydroxyl groups is 3. The van der Waals surface area contributed by atoms with Crippen LogP contribution in [-0.2, 0) is 14.3 Å². The summed E-state index contributed by atoms with van der Waals surface area (Å²) in [5.41, 5.74) is -1.24. The zero-order chi connectivity index (χ0) is 12.8. The number of ether oxygens (including phenoxy) is 2. The van der Waals surface area contributed by atoms with E-state index in [1.54, 1.807) is 0 Å². The fraction of sp³-hybridized carbons (Fsp3) is 0.909. The number of aliphatic hydroxyl groups excluding tert-OH is 2. The van der Waals surface area contributed by atoms with Crippen LogP contribution in [0.2, 0.25) is 0 Å². The molecule has 0 aromatic rings. The van der Waals surface area contributed by atoms with Crippen molar-refractivity contribution in [1.29, 1.82) is 0 Å². The average molecular weight is 246 g/mol. The molecule has 6 unspecified atom stereocenters. The summed E-state index contributed by atoms with van der Waals surface area (Å²) in [5.74, 6) is -2.32. The Morgan fingerprint density at radius 1 is 1.47 bits per heavy atom. The van der Waals surface area contributed by atoms with Gasteiger partial charge in [-0.1, -0.05) is 0 Å². The summed E-state index contributed by atoms with van der Waals surface area (Å²) in [4.78, 5) is 11.6. The first kappa shape index (κ1) is 12.8. The first-order valence-electron chi connectivity index (χ1n) is 5.66. The minimum absolute atomic E-state index is 0.00213. The van der Waals surface area contributed by atoms with Gasteiger partial charge in [-0.3, -0.25) is 4.79 Å². The molecule has 1 saturated carbocycles. The molecule has 0 radical (unpaired) electrons. The van der Waals surface area contributed by atoms with Crippen molar-refractivity contribution in [3.05, 3.63) is 0 Å². The van der Waals surface area contributed by atoms with Gasteiger partial charge in [-0.2, -0.15) is 0 Å². The molecule has 1 aliphatic heterocycles. The molecule has 6 heteroatoms. The molecule has 0 amide bonds. The molecule has 2 rings (SSSR count). The molecule has 6 atom stereocenters. The number of esters is 1. The lowest BCUT2D eigenvalue weighted by Gasteiger charge is -2.40. The maximum Gasteiger partial charge on any atom is 0.311 e. The Bertz CT molecular complexity index is 315. The van der Waals surface area contributed by atoms with E-state index in [-0.39, 0.29) is 13.0 Å². The zero-order valence-electron chi connectivity index (χ0n) is 9.87. The lowest BCUT2D eigenvalue weighted by atomic mass is 9.77. The van der Waals surface area contributed by atoms with E-state index in [0.29, 0.717) is 0 Å². The van der Waals surface area contributed by atoms with Gasteiger partial charge in [-0.05, 0) is 6.92 Å². The first-order chi connectivity index (χ1) is 7.88. The number of methoxy groups -OCH3 is 1. The third-order valence-corrected chi connectivity index (χ3v) is 3.92. The van der Waals surface area contributed by atoms with Crippen molar-refractivity contribution in [1.82, 2.24) is 0 Å². The van der Waals surface area contributed by atoms with E-state index < -0.39 is 41.7 Å². The second-order valence-corrected chi connectivity index (χ2v) is 5.09. The van der Waals surface area contributed by atoms with Gasteiger partial charge in [-0.25, -0.2) is 0 Å². The van der Waals surface area contributed by atoms with Crippen LogP contribution in [0.1, 0.15) is 13.3 Å². The Morgan fingerprint density at radius 3 is 2.71 bits per heavy atom. The number of fused-ring (bicyclic) bond motifs is 1. The SMILES string of the molecule is COC(=O)C1COC(O)C2C1C(O)CC2(C)O. The van der Waals surface area contributed by atoms with Crippen molar-refractivity contribution >= 4 is 5.97 Å². The molecule has 2 fully saturated rings. The fourth-order valence-corrected chi connectivity index (χ4v) is 3.16. The van der Waals surface area contributed by atoms with Crippen molar-refractivity contribution in [3.8, 4) is 0 Å². The zero-order valence-corrected chi connectivity index (χ0v) is 9.87. The molecule has 1 heterocycles. The molecular formula is C11H18O6. The van der Waals surface area contributed by atoms with Crippen molar-refractivity contribution in [2.75, 3.05) is 13.7 Å². The van der Waals surface area contributed by atoms with E-state index in [1.165, 1.54) is 14.0 Å².